The van der Waals surface area contributed by atoms with Gasteiger partial charge in [-0.05, 0) is 48.0 Å². The van der Waals surface area contributed by atoms with Crippen molar-refractivity contribution in [2.75, 3.05) is 7.11 Å². The van der Waals surface area contributed by atoms with E-state index in [0.717, 1.165) is 39.1 Å². The monoisotopic (exact) mass is 384 g/mol. The summed E-state index contributed by atoms with van der Waals surface area (Å²) in [7, 11) is 1.63. The Kier molecular flexibility index (Phi) is 3.84. The molecule has 5 aromatic rings. The van der Waals surface area contributed by atoms with E-state index in [-0.39, 0.29) is 10.6 Å². The third-order valence-electron chi connectivity index (χ3n) is 5.01. The van der Waals surface area contributed by atoms with Crippen LogP contribution in [0.3, 0.4) is 0 Å². The van der Waals surface area contributed by atoms with Crippen LogP contribution in [-0.2, 0) is 0 Å². The number of nitro benzene ring substituents is 1. The van der Waals surface area contributed by atoms with Gasteiger partial charge in [-0.25, -0.2) is 0 Å². The van der Waals surface area contributed by atoms with Crippen molar-refractivity contribution in [3.8, 4) is 22.7 Å². The van der Waals surface area contributed by atoms with Crippen LogP contribution in [-0.4, -0.2) is 16.6 Å². The predicted molar refractivity (Wildman–Crippen MR) is 112 cm³/mol. The third kappa shape index (κ3) is 2.73. The van der Waals surface area contributed by atoms with Crippen LogP contribution in [0.2, 0.25) is 0 Å². The SMILES string of the molecule is COc1ccc(-c2cc3oc4ccccc4c3n2-c2cccc([N+](=O)[O-])c2)cc1. The summed E-state index contributed by atoms with van der Waals surface area (Å²) in [4.78, 5) is 11.0. The maximum atomic E-state index is 11.3. The van der Waals surface area contributed by atoms with Gasteiger partial charge in [0, 0.05) is 23.6 Å². The minimum atomic E-state index is -0.384. The molecular weight excluding hydrogens is 368 g/mol. The lowest BCUT2D eigenvalue weighted by atomic mass is 10.1. The third-order valence-corrected chi connectivity index (χ3v) is 5.01. The lowest BCUT2D eigenvalue weighted by Crippen LogP contribution is -1.98. The second kappa shape index (κ2) is 6.53. The number of non-ortho nitro benzene ring substituents is 1. The molecule has 0 saturated carbocycles. The summed E-state index contributed by atoms with van der Waals surface area (Å²) in [5, 5.41) is 12.3. The van der Waals surface area contributed by atoms with E-state index in [4.69, 9.17) is 9.15 Å². The van der Waals surface area contributed by atoms with Crippen molar-refractivity contribution < 1.29 is 14.1 Å². The number of hydrogen-bond donors (Lipinski definition) is 0. The first-order chi connectivity index (χ1) is 14.2. The van der Waals surface area contributed by atoms with Crippen molar-refractivity contribution in [1.82, 2.24) is 4.57 Å². The van der Waals surface area contributed by atoms with Gasteiger partial charge in [-0.2, -0.15) is 0 Å². The number of para-hydroxylation sites is 1. The van der Waals surface area contributed by atoms with Gasteiger partial charge in [-0.1, -0.05) is 18.2 Å². The summed E-state index contributed by atoms with van der Waals surface area (Å²) in [5.74, 6) is 0.761. The highest BCUT2D eigenvalue weighted by atomic mass is 16.6. The van der Waals surface area contributed by atoms with E-state index >= 15 is 0 Å². The molecule has 0 atom stereocenters. The molecule has 0 aliphatic carbocycles. The summed E-state index contributed by atoms with van der Waals surface area (Å²) >= 11 is 0. The van der Waals surface area contributed by atoms with Crippen molar-refractivity contribution in [1.29, 1.82) is 0 Å². The fourth-order valence-electron chi connectivity index (χ4n) is 3.68. The number of ether oxygens (including phenoxy) is 1. The van der Waals surface area contributed by atoms with E-state index < -0.39 is 0 Å². The summed E-state index contributed by atoms with van der Waals surface area (Å²) in [5.41, 5.74) is 4.96. The molecule has 3 aromatic carbocycles. The van der Waals surface area contributed by atoms with Crippen molar-refractivity contribution in [3.05, 3.63) is 89.0 Å². The summed E-state index contributed by atoms with van der Waals surface area (Å²) in [6.45, 7) is 0. The van der Waals surface area contributed by atoms with Gasteiger partial charge in [0.1, 0.15) is 16.8 Å². The molecule has 142 valence electrons. The van der Waals surface area contributed by atoms with Crippen molar-refractivity contribution in [3.63, 3.8) is 0 Å². The van der Waals surface area contributed by atoms with Gasteiger partial charge < -0.3 is 13.7 Å². The molecule has 0 spiro atoms. The highest BCUT2D eigenvalue weighted by Gasteiger charge is 2.20. The topological polar surface area (TPSA) is 70.4 Å². The normalized spacial score (nSPS) is 11.2. The van der Waals surface area contributed by atoms with E-state index in [0.29, 0.717) is 5.69 Å². The number of nitrogens with zero attached hydrogens (tertiary/aromatic N) is 2. The first kappa shape index (κ1) is 17.1. The standard InChI is InChI=1S/C23H16N2O4/c1-28-18-11-9-15(10-12-18)20-14-22-23(19-7-2-3-8-21(19)29-22)24(20)16-5-4-6-17(13-16)25(26)27/h2-14H,1H3. The van der Waals surface area contributed by atoms with Gasteiger partial charge in [-0.15, -0.1) is 0 Å². The van der Waals surface area contributed by atoms with Crippen LogP contribution in [0, 0.1) is 10.1 Å². The number of rotatable bonds is 4. The molecule has 29 heavy (non-hydrogen) atoms. The van der Waals surface area contributed by atoms with Crippen LogP contribution in [0.1, 0.15) is 0 Å². The van der Waals surface area contributed by atoms with Gasteiger partial charge in [0.2, 0.25) is 0 Å². The van der Waals surface area contributed by atoms with Gasteiger partial charge in [0.15, 0.2) is 5.58 Å². The van der Waals surface area contributed by atoms with Crippen LogP contribution in [0.4, 0.5) is 5.69 Å². The molecule has 0 unspecified atom stereocenters. The molecule has 0 aliphatic heterocycles. The largest absolute Gasteiger partial charge is 0.497 e. The predicted octanol–water partition coefficient (Wildman–Crippen LogP) is 5.96. The fourth-order valence-corrected chi connectivity index (χ4v) is 3.68. The molecular formula is C23H16N2O4. The zero-order valence-electron chi connectivity index (χ0n) is 15.5. The first-order valence-electron chi connectivity index (χ1n) is 9.08. The fraction of sp³-hybridized carbons (Fsp3) is 0.0435. The minimum Gasteiger partial charge on any atom is -0.497 e. The lowest BCUT2D eigenvalue weighted by Gasteiger charge is -2.11. The Morgan fingerprint density at radius 1 is 0.931 bits per heavy atom. The Bertz CT molecular complexity index is 1360. The van der Waals surface area contributed by atoms with Gasteiger partial charge in [0.05, 0.1) is 23.4 Å². The van der Waals surface area contributed by atoms with E-state index in [2.05, 4.69) is 0 Å². The highest BCUT2D eigenvalue weighted by molar-refractivity contribution is 6.06. The highest BCUT2D eigenvalue weighted by Crippen LogP contribution is 2.38. The number of furan rings is 1. The zero-order valence-corrected chi connectivity index (χ0v) is 15.5. The number of methoxy groups -OCH3 is 1. The van der Waals surface area contributed by atoms with Gasteiger partial charge >= 0.3 is 0 Å². The molecule has 5 rings (SSSR count). The molecule has 0 fully saturated rings. The maximum absolute atomic E-state index is 11.3. The van der Waals surface area contributed by atoms with E-state index in [9.17, 15) is 10.1 Å². The van der Waals surface area contributed by atoms with Crippen molar-refractivity contribution in [2.24, 2.45) is 0 Å². The Hall–Kier alpha value is -4.06. The summed E-state index contributed by atoms with van der Waals surface area (Å²) in [6.07, 6.45) is 0. The molecule has 0 saturated heterocycles. The Labute approximate surface area is 165 Å². The molecule has 0 amide bonds. The molecule has 2 aromatic heterocycles. The van der Waals surface area contributed by atoms with Gasteiger partial charge in [0.25, 0.3) is 5.69 Å². The average molecular weight is 384 g/mol. The Morgan fingerprint density at radius 3 is 2.48 bits per heavy atom. The number of nitro groups is 1. The lowest BCUT2D eigenvalue weighted by molar-refractivity contribution is -0.384. The van der Waals surface area contributed by atoms with E-state index in [1.165, 1.54) is 6.07 Å². The quantitative estimate of drug-likeness (QED) is 0.283. The van der Waals surface area contributed by atoms with Crippen molar-refractivity contribution >= 4 is 27.8 Å². The molecule has 6 heteroatoms. The Balaban J connectivity index is 1.84. The smallest absolute Gasteiger partial charge is 0.271 e. The number of fused-ring (bicyclic) bond motifs is 3. The van der Waals surface area contributed by atoms with Crippen LogP contribution in [0.15, 0.2) is 83.3 Å². The van der Waals surface area contributed by atoms with Crippen LogP contribution in [0.25, 0.3) is 39.0 Å². The second-order valence-electron chi connectivity index (χ2n) is 6.68. The molecule has 6 nitrogen and oxygen atoms in total. The molecule has 0 N–H and O–H groups in total. The summed E-state index contributed by atoms with van der Waals surface area (Å²) < 4.78 is 13.3. The van der Waals surface area contributed by atoms with Crippen molar-refractivity contribution in [2.45, 2.75) is 0 Å². The van der Waals surface area contributed by atoms with Gasteiger partial charge in [-0.3, -0.25) is 10.1 Å². The molecule has 2 heterocycles. The van der Waals surface area contributed by atoms with Crippen LogP contribution < -0.4 is 4.74 Å². The summed E-state index contributed by atoms with van der Waals surface area (Å²) in [6, 6.07) is 24.1. The number of benzene rings is 3. The molecule has 0 aliphatic rings. The Morgan fingerprint density at radius 2 is 1.72 bits per heavy atom. The average Bonchev–Trinajstić information content (AvgIpc) is 3.30. The number of aromatic nitrogens is 1. The second-order valence-corrected chi connectivity index (χ2v) is 6.68. The van der Waals surface area contributed by atoms with Crippen LogP contribution >= 0.6 is 0 Å². The zero-order chi connectivity index (χ0) is 20.0. The first-order valence-corrected chi connectivity index (χ1v) is 9.08. The molecule has 0 radical (unpaired) electrons. The van der Waals surface area contributed by atoms with E-state index in [1.54, 1.807) is 19.2 Å². The minimum absolute atomic E-state index is 0.0397. The molecule has 0 bridgehead atoms. The van der Waals surface area contributed by atoms with Crippen LogP contribution in [0.5, 0.6) is 5.75 Å². The maximum Gasteiger partial charge on any atom is 0.271 e. The van der Waals surface area contributed by atoms with E-state index in [1.807, 2.05) is 65.2 Å². The number of hydrogen-bond acceptors (Lipinski definition) is 4.